The summed E-state index contributed by atoms with van der Waals surface area (Å²) in [6.07, 6.45) is 13.7. The first-order valence-corrected chi connectivity index (χ1v) is 22.3. The van der Waals surface area contributed by atoms with Crippen molar-refractivity contribution in [3.63, 3.8) is 0 Å². The van der Waals surface area contributed by atoms with Gasteiger partial charge in [0.2, 0.25) is 0 Å². The molecule has 0 atom stereocenters. The van der Waals surface area contributed by atoms with E-state index in [9.17, 15) is 27.2 Å². The Morgan fingerprint density at radius 3 is 1.74 bits per heavy atom. The van der Waals surface area contributed by atoms with Crippen LogP contribution in [0.4, 0.5) is 23.2 Å². The highest BCUT2D eigenvalue weighted by Gasteiger charge is 2.22. The average Bonchev–Trinajstić information content (AvgIpc) is 3.84. The molecular formula is C51H58F4N8O3. The van der Waals surface area contributed by atoms with Crippen LogP contribution in [0.3, 0.4) is 0 Å². The smallest absolute Gasteiger partial charge is 0.273 e. The van der Waals surface area contributed by atoms with Crippen LogP contribution in [0.25, 0.3) is 23.5 Å². The number of hydrogen-bond donors (Lipinski definition) is 3. The highest BCUT2D eigenvalue weighted by molar-refractivity contribution is 6.60. The van der Waals surface area contributed by atoms with Gasteiger partial charge in [-0.1, -0.05) is 104 Å². The van der Waals surface area contributed by atoms with Crippen LogP contribution >= 0.6 is 0 Å². The van der Waals surface area contributed by atoms with Gasteiger partial charge in [0.05, 0.1) is 17.5 Å². The summed E-state index contributed by atoms with van der Waals surface area (Å²) in [5.74, 6) is 2.31. The van der Waals surface area contributed by atoms with E-state index in [0.717, 1.165) is 95.4 Å². The maximum Gasteiger partial charge on any atom is 0.273 e. The van der Waals surface area contributed by atoms with Crippen molar-refractivity contribution in [1.82, 2.24) is 25.6 Å². The van der Waals surface area contributed by atoms with Crippen molar-refractivity contribution in [3.8, 4) is 11.3 Å². The Bertz CT molecular complexity index is 2390. The quantitative estimate of drug-likeness (QED) is 0.0412. The van der Waals surface area contributed by atoms with E-state index in [1.807, 2.05) is 50.2 Å². The summed E-state index contributed by atoms with van der Waals surface area (Å²) < 4.78 is 58.7. The van der Waals surface area contributed by atoms with Crippen molar-refractivity contribution in [2.45, 2.75) is 39.5 Å². The van der Waals surface area contributed by atoms with E-state index < -0.39 is 29.2 Å². The highest BCUT2D eigenvalue weighted by Crippen LogP contribution is 2.25. The molecule has 15 heteroatoms. The fourth-order valence-corrected chi connectivity index (χ4v) is 7.27. The molecule has 4 N–H and O–H groups in total. The number of amides is 2. The summed E-state index contributed by atoms with van der Waals surface area (Å²) in [4.78, 5) is 33.4. The van der Waals surface area contributed by atoms with Crippen LogP contribution < -0.4 is 16.5 Å². The SMILES string of the molecule is CC.N/N=C(\C=Nc1ccc(F)cc1F)C(=O)NCC1CCN(C/C=C/c2ccccc2)CC1.O=C(NCC1CCN(C/C=C/c2ccccc2)CC1)c1cc(-c2ccc(F)cc2F)on1. The third-order valence-electron chi connectivity index (χ3n) is 11.0. The summed E-state index contributed by atoms with van der Waals surface area (Å²) in [5, 5.41) is 12.9. The van der Waals surface area contributed by atoms with E-state index >= 15 is 0 Å². The Labute approximate surface area is 384 Å². The predicted molar refractivity (Wildman–Crippen MR) is 254 cm³/mol. The van der Waals surface area contributed by atoms with Gasteiger partial charge >= 0.3 is 0 Å². The zero-order valence-electron chi connectivity index (χ0n) is 37.4. The van der Waals surface area contributed by atoms with Gasteiger partial charge in [-0.3, -0.25) is 24.4 Å². The molecule has 5 aromatic rings. The minimum absolute atomic E-state index is 0.0617. The molecule has 4 aromatic carbocycles. The lowest BCUT2D eigenvalue weighted by Crippen LogP contribution is -2.40. The molecule has 2 saturated heterocycles. The maximum atomic E-state index is 13.9. The summed E-state index contributed by atoms with van der Waals surface area (Å²) in [5.41, 5.74) is 2.29. The number of rotatable bonds is 15. The summed E-state index contributed by atoms with van der Waals surface area (Å²) in [6, 6.07) is 27.9. The number of nitrogens with two attached hydrogens (primary N) is 1. The first-order valence-electron chi connectivity index (χ1n) is 22.3. The van der Waals surface area contributed by atoms with Gasteiger partial charge < -0.3 is 21.0 Å². The first kappa shape index (κ1) is 50.3. The Morgan fingerprint density at radius 1 is 0.712 bits per heavy atom. The minimum Gasteiger partial charge on any atom is -0.355 e. The lowest BCUT2D eigenvalue weighted by molar-refractivity contribution is -0.114. The Morgan fingerprint density at radius 2 is 1.23 bits per heavy atom. The van der Waals surface area contributed by atoms with Gasteiger partial charge in [0.25, 0.3) is 11.8 Å². The molecule has 348 valence electrons. The predicted octanol–water partition coefficient (Wildman–Crippen LogP) is 9.32. The summed E-state index contributed by atoms with van der Waals surface area (Å²) >= 11 is 0. The lowest BCUT2D eigenvalue weighted by atomic mass is 9.96. The van der Waals surface area contributed by atoms with Gasteiger partial charge in [-0.2, -0.15) is 5.10 Å². The largest absolute Gasteiger partial charge is 0.355 e. The van der Waals surface area contributed by atoms with Crippen LogP contribution in [0.2, 0.25) is 0 Å². The third-order valence-corrected chi connectivity index (χ3v) is 11.0. The second kappa shape index (κ2) is 26.9. The van der Waals surface area contributed by atoms with Crippen LogP contribution in [-0.4, -0.2) is 91.1 Å². The van der Waals surface area contributed by atoms with Crippen molar-refractivity contribution < 1.29 is 31.7 Å². The van der Waals surface area contributed by atoms with Crippen molar-refractivity contribution in [1.29, 1.82) is 0 Å². The molecule has 0 saturated carbocycles. The number of benzene rings is 4. The number of nitrogens with one attached hydrogen (secondary N) is 2. The van der Waals surface area contributed by atoms with Crippen molar-refractivity contribution in [3.05, 3.63) is 155 Å². The molecule has 0 aliphatic carbocycles. The van der Waals surface area contributed by atoms with Crippen LogP contribution in [0.5, 0.6) is 0 Å². The monoisotopic (exact) mass is 906 g/mol. The van der Waals surface area contributed by atoms with Crippen LogP contribution in [0.1, 0.15) is 61.1 Å². The maximum absolute atomic E-state index is 13.9. The molecule has 1 aromatic heterocycles. The topological polar surface area (TPSA) is 141 Å². The fourth-order valence-electron chi connectivity index (χ4n) is 7.27. The Kier molecular flexibility index (Phi) is 20.5. The van der Waals surface area contributed by atoms with E-state index in [4.69, 9.17) is 10.4 Å². The lowest BCUT2D eigenvalue weighted by Gasteiger charge is -2.31. The summed E-state index contributed by atoms with van der Waals surface area (Å²) in [7, 11) is 0. The molecule has 3 heterocycles. The molecule has 11 nitrogen and oxygen atoms in total. The minimum atomic E-state index is -0.830. The van der Waals surface area contributed by atoms with E-state index in [-0.39, 0.29) is 34.3 Å². The standard InChI is InChI=1S/C25H25F2N3O2.C24H27F2N5O.C2H6/c26-20-8-9-21(22(27)15-20)24-16-23(29-32-24)25(31)28-17-19-10-13-30(14-11-19)12-4-7-18-5-2-1-3-6-18;25-20-8-9-22(21(26)15-20)28-17-23(30-27)24(32)29-16-19-10-13-31(14-11-19)12-4-7-18-5-2-1-3-6-18;1-2/h1-9,15-16,19H,10-14,17H2,(H,28,31);1-9,15,17,19H,10-14,16,27H2,(H,29,32);1-2H3/b7-4+;7-4+,28-17?,30-23+;. The van der Waals surface area contributed by atoms with Crippen molar-refractivity contribution >= 4 is 41.6 Å². The van der Waals surface area contributed by atoms with Crippen molar-refractivity contribution in [2.75, 3.05) is 52.4 Å². The van der Waals surface area contributed by atoms with Gasteiger partial charge in [0.15, 0.2) is 23.0 Å². The number of carbonyl (C=O) groups excluding carboxylic acids is 2. The molecule has 0 bridgehead atoms. The van der Waals surface area contributed by atoms with E-state index in [1.54, 1.807) is 0 Å². The van der Waals surface area contributed by atoms with Crippen LogP contribution in [-0.2, 0) is 4.79 Å². The second-order valence-corrected chi connectivity index (χ2v) is 15.6. The Hall–Kier alpha value is -6.71. The van der Waals surface area contributed by atoms with E-state index in [0.29, 0.717) is 24.9 Å². The molecular weight excluding hydrogens is 849 g/mol. The highest BCUT2D eigenvalue weighted by atomic mass is 19.1. The zero-order valence-corrected chi connectivity index (χ0v) is 37.4. The number of carbonyl (C=O) groups is 2. The number of nitrogens with zero attached hydrogens (tertiary/aromatic N) is 5. The van der Waals surface area contributed by atoms with Crippen LogP contribution in [0.15, 0.2) is 130 Å². The van der Waals surface area contributed by atoms with Gasteiger partial charge in [-0.15, -0.1) is 0 Å². The van der Waals surface area contributed by atoms with E-state index in [2.05, 4.69) is 84.3 Å². The molecule has 7 rings (SSSR count). The first-order chi connectivity index (χ1) is 32.1. The molecule has 0 unspecified atom stereocenters. The number of likely N-dealkylation sites (tertiary alicyclic amines) is 2. The van der Waals surface area contributed by atoms with Gasteiger partial charge in [0.1, 0.15) is 17.5 Å². The molecule has 2 aliphatic heterocycles. The fraction of sp³-hybridized carbons (Fsp3) is 0.314. The van der Waals surface area contributed by atoms with Gasteiger partial charge in [0, 0.05) is 44.4 Å². The molecule has 0 radical (unpaired) electrons. The number of hydrogen-bond acceptors (Lipinski definition) is 9. The zero-order chi connectivity index (χ0) is 47.1. The van der Waals surface area contributed by atoms with E-state index in [1.165, 1.54) is 29.3 Å². The van der Waals surface area contributed by atoms with Crippen LogP contribution in [0, 0.1) is 35.1 Å². The van der Waals surface area contributed by atoms with Crippen molar-refractivity contribution in [2.24, 2.45) is 27.8 Å². The van der Waals surface area contributed by atoms with Gasteiger partial charge in [-0.25, -0.2) is 17.6 Å². The molecule has 2 aliphatic rings. The number of hydrazone groups is 1. The number of aliphatic imine (C=N–C) groups is 1. The normalized spacial score (nSPS) is 15.3. The number of aromatic nitrogens is 1. The molecule has 2 amide bonds. The Balaban J connectivity index is 0.000000239. The third kappa shape index (κ3) is 16.4. The second-order valence-electron chi connectivity index (χ2n) is 15.6. The van der Waals surface area contributed by atoms with Gasteiger partial charge in [-0.05, 0) is 99.1 Å². The number of halogens is 4. The molecule has 0 spiro atoms. The number of piperidine rings is 2. The summed E-state index contributed by atoms with van der Waals surface area (Å²) in [6.45, 7) is 10.8. The molecule has 2 fully saturated rings. The molecule has 66 heavy (non-hydrogen) atoms. The average molecular weight is 907 g/mol.